The Balaban J connectivity index is 0.00000189. The third-order valence-corrected chi connectivity index (χ3v) is 7.62. The smallest absolute Gasteiger partial charge is 0.387 e. The number of fused-ring (bicyclic) bond motifs is 5. The molecule has 41 heavy (non-hydrogen) atoms. The second-order valence-electron chi connectivity index (χ2n) is 11.2. The predicted molar refractivity (Wildman–Crippen MR) is 153 cm³/mol. The number of nitrogens with two attached hydrogens (primary N) is 1. The van der Waals surface area contributed by atoms with Crippen molar-refractivity contribution >= 4 is 17.8 Å². The number of hydrogen-bond acceptors (Lipinski definition) is 6. The van der Waals surface area contributed by atoms with Crippen molar-refractivity contribution in [2.75, 3.05) is 0 Å². The van der Waals surface area contributed by atoms with Crippen molar-refractivity contribution in [3.8, 4) is 11.5 Å². The summed E-state index contributed by atoms with van der Waals surface area (Å²) in [6.45, 7) is 6.57. The van der Waals surface area contributed by atoms with Gasteiger partial charge in [-0.05, 0) is 75.4 Å². The van der Waals surface area contributed by atoms with Crippen LogP contribution >= 0.6 is 0 Å². The second-order valence-corrected chi connectivity index (χ2v) is 11.2. The molecule has 0 radical (unpaired) electrons. The number of nitrogens with one attached hydrogen (secondary N) is 1. The van der Waals surface area contributed by atoms with E-state index < -0.39 is 24.2 Å². The van der Waals surface area contributed by atoms with Gasteiger partial charge in [0, 0.05) is 24.0 Å². The van der Waals surface area contributed by atoms with Crippen LogP contribution in [-0.4, -0.2) is 40.9 Å². The number of guanidine groups is 1. The summed E-state index contributed by atoms with van der Waals surface area (Å²) in [5, 5.41) is 3.09. The fourth-order valence-electron chi connectivity index (χ4n) is 5.76. The maximum Gasteiger partial charge on any atom is 0.387 e. The van der Waals surface area contributed by atoms with E-state index in [1.807, 2.05) is 39.8 Å². The first kappa shape index (κ1) is 30.3. The average Bonchev–Trinajstić information content (AvgIpc) is 2.90. The third kappa shape index (κ3) is 6.97. The largest absolute Gasteiger partial charge is 0.487 e. The van der Waals surface area contributed by atoms with Crippen LogP contribution in [0.1, 0.15) is 106 Å². The van der Waals surface area contributed by atoms with Gasteiger partial charge in [-0.25, -0.2) is 4.99 Å². The zero-order valence-electron chi connectivity index (χ0n) is 24.4. The molecule has 0 saturated carbocycles. The number of rotatable bonds is 2. The minimum Gasteiger partial charge on any atom is -0.487 e. The average molecular weight is 571 g/mol. The van der Waals surface area contributed by atoms with Crippen molar-refractivity contribution in [1.82, 2.24) is 10.2 Å². The number of hydrogen-bond donors (Lipinski definition) is 2. The lowest BCUT2D eigenvalue weighted by atomic mass is 9.88. The van der Waals surface area contributed by atoms with Crippen molar-refractivity contribution in [1.29, 1.82) is 0 Å². The molecule has 2 aromatic carbocycles. The molecule has 3 N–H and O–H groups in total. The third-order valence-electron chi connectivity index (χ3n) is 7.62. The van der Waals surface area contributed by atoms with Gasteiger partial charge in [-0.2, -0.15) is 8.78 Å². The molecule has 0 spiro atoms. The van der Waals surface area contributed by atoms with Gasteiger partial charge < -0.3 is 20.5 Å². The van der Waals surface area contributed by atoms with E-state index >= 15 is 0 Å². The fourth-order valence-corrected chi connectivity index (χ4v) is 5.76. The molecule has 8 nitrogen and oxygen atoms in total. The van der Waals surface area contributed by atoms with Crippen LogP contribution < -0.4 is 20.5 Å². The molecule has 4 aliphatic heterocycles. The molecule has 10 heteroatoms. The number of ether oxygens (including phenoxy) is 2. The van der Waals surface area contributed by atoms with Gasteiger partial charge in [-0.1, -0.05) is 32.4 Å². The van der Waals surface area contributed by atoms with Crippen LogP contribution in [0.25, 0.3) is 0 Å². The maximum atomic E-state index is 13.6. The Hall–Kier alpha value is -3.69. The summed E-state index contributed by atoms with van der Waals surface area (Å²) in [7, 11) is 0. The monoisotopic (exact) mass is 570 g/mol. The van der Waals surface area contributed by atoms with Crippen LogP contribution in [0.15, 0.2) is 41.4 Å². The molecule has 6 bridgehead atoms. The number of aliphatic imine (C=N–C) groups is 1. The second kappa shape index (κ2) is 12.4. The Labute approximate surface area is 240 Å². The molecule has 0 aromatic heterocycles. The van der Waals surface area contributed by atoms with Crippen LogP contribution in [0.4, 0.5) is 8.78 Å². The first-order chi connectivity index (χ1) is 19.5. The van der Waals surface area contributed by atoms with Gasteiger partial charge in [0.15, 0.2) is 5.96 Å². The molecule has 3 atom stereocenters. The van der Waals surface area contributed by atoms with E-state index in [2.05, 4.69) is 16.4 Å². The van der Waals surface area contributed by atoms with Crippen LogP contribution in [0.2, 0.25) is 0 Å². The first-order valence-electron chi connectivity index (χ1n) is 14.4. The molecule has 4 heterocycles. The molecule has 6 rings (SSSR count). The van der Waals surface area contributed by atoms with E-state index in [1.54, 1.807) is 13.0 Å². The van der Waals surface area contributed by atoms with Gasteiger partial charge in [0.2, 0.25) is 5.91 Å². The minimum absolute atomic E-state index is 0.0840. The van der Waals surface area contributed by atoms with Gasteiger partial charge >= 0.3 is 6.61 Å². The van der Waals surface area contributed by atoms with Crippen molar-refractivity contribution < 1.29 is 27.8 Å². The number of carbonyl (C=O) groups is 2. The molecular weight excluding hydrogens is 530 g/mol. The summed E-state index contributed by atoms with van der Waals surface area (Å²) in [4.78, 5) is 32.7. The van der Waals surface area contributed by atoms with E-state index in [4.69, 9.17) is 15.2 Å². The van der Waals surface area contributed by atoms with E-state index in [1.165, 1.54) is 17.0 Å². The summed E-state index contributed by atoms with van der Waals surface area (Å²) >= 11 is 0. The first-order valence-corrected chi connectivity index (χ1v) is 14.4. The van der Waals surface area contributed by atoms with Gasteiger partial charge in [0.1, 0.15) is 17.1 Å². The molecule has 222 valence electrons. The van der Waals surface area contributed by atoms with Crippen LogP contribution in [0.3, 0.4) is 0 Å². The van der Waals surface area contributed by atoms with Crippen LogP contribution in [-0.2, 0) is 11.2 Å². The number of carbonyl (C=O) groups excluding carboxylic acids is 2. The quantitative estimate of drug-likeness (QED) is 0.457. The number of nitrogens with zero attached hydrogens (tertiary/aromatic N) is 2. The Morgan fingerprint density at radius 1 is 1.15 bits per heavy atom. The fraction of sp³-hybridized carbons (Fsp3) is 0.516. The summed E-state index contributed by atoms with van der Waals surface area (Å²) in [6, 6.07) is 9.10. The van der Waals surface area contributed by atoms with E-state index in [0.717, 1.165) is 36.8 Å². The number of alkyl halides is 2. The van der Waals surface area contributed by atoms with Gasteiger partial charge in [0.25, 0.3) is 5.91 Å². The number of benzene rings is 2. The van der Waals surface area contributed by atoms with E-state index in [0.29, 0.717) is 17.7 Å². The molecule has 0 fully saturated rings. The van der Waals surface area contributed by atoms with Gasteiger partial charge in [0.05, 0.1) is 18.1 Å². The Morgan fingerprint density at radius 2 is 1.90 bits per heavy atom. The molecule has 2 amide bonds. The highest BCUT2D eigenvalue weighted by Gasteiger charge is 2.36. The Morgan fingerprint density at radius 3 is 2.61 bits per heavy atom. The SMILES string of the molecule is CC.CC1c2cc(OC(F)F)cc(c2)C(=O)NC2CC(C)(C)Oc3ccc(cc32)CCCCC2CC(=O)N1C(N)=N2. The maximum absolute atomic E-state index is 13.6. The normalized spacial score (nSPS) is 23.8. The number of halogens is 2. The highest BCUT2D eigenvalue weighted by atomic mass is 19.3. The van der Waals surface area contributed by atoms with Gasteiger partial charge in [-0.15, -0.1) is 0 Å². The van der Waals surface area contributed by atoms with Crippen molar-refractivity contribution in [3.63, 3.8) is 0 Å². The lowest BCUT2D eigenvalue weighted by Crippen LogP contribution is -2.48. The van der Waals surface area contributed by atoms with E-state index in [9.17, 15) is 18.4 Å². The molecule has 0 saturated heterocycles. The molecule has 3 unspecified atom stereocenters. The zero-order valence-corrected chi connectivity index (χ0v) is 24.4. The topological polar surface area (TPSA) is 106 Å². The molecule has 4 aliphatic rings. The minimum atomic E-state index is -3.08. The number of aryl methyl sites for hydroxylation is 1. The summed E-state index contributed by atoms with van der Waals surface area (Å²) in [5.41, 5.74) is 8.30. The van der Waals surface area contributed by atoms with E-state index in [-0.39, 0.29) is 41.7 Å². The lowest BCUT2D eigenvalue weighted by Gasteiger charge is -2.38. The summed E-state index contributed by atoms with van der Waals surface area (Å²) in [6.07, 6.45) is 4.09. The van der Waals surface area contributed by atoms with Crippen molar-refractivity contribution in [3.05, 3.63) is 58.7 Å². The van der Waals surface area contributed by atoms with Crippen molar-refractivity contribution in [2.24, 2.45) is 10.7 Å². The molecule has 2 aromatic rings. The lowest BCUT2D eigenvalue weighted by molar-refractivity contribution is -0.130. The molecule has 0 aliphatic carbocycles. The highest BCUT2D eigenvalue weighted by Crippen LogP contribution is 2.40. The Kier molecular flexibility index (Phi) is 9.19. The van der Waals surface area contributed by atoms with Gasteiger partial charge in [-0.3, -0.25) is 14.5 Å². The highest BCUT2D eigenvalue weighted by molar-refractivity contribution is 5.99. The Bertz CT molecular complexity index is 1310. The standard InChI is InChI=1S/C29H34F2N4O4.C2H6/c1-16-18-11-19(13-21(12-18)38-27(30)31)26(37)34-23-15-29(2,3)39-24-9-8-17(10-22(23)24)6-4-5-7-20-14-25(36)35(16)28(32)33-20;1-2/h8-13,16,20,23,27H,4-7,14-15H2,1-3H3,(H2,32,33)(H,34,37);1-2H3. The van der Waals surface area contributed by atoms with Crippen molar-refractivity contribution in [2.45, 2.75) is 103 Å². The van der Waals surface area contributed by atoms with Crippen LogP contribution in [0.5, 0.6) is 11.5 Å². The van der Waals surface area contributed by atoms with Crippen LogP contribution in [0, 0.1) is 0 Å². The number of amides is 2. The predicted octanol–water partition coefficient (Wildman–Crippen LogP) is 6.05. The summed E-state index contributed by atoms with van der Waals surface area (Å²) < 4.78 is 37.3. The molecular formula is C31H40F2N4O4. The summed E-state index contributed by atoms with van der Waals surface area (Å²) in [5.74, 6) is -0.0262. The zero-order chi connectivity index (χ0) is 29.9.